The topological polar surface area (TPSA) is 25.8 Å². The molecule has 10 rings (SSSR count). The molecule has 0 fully saturated rings. The molecule has 0 aliphatic carbocycles. The van der Waals surface area contributed by atoms with Gasteiger partial charge in [0.05, 0.1) is 20.8 Å². The first-order valence-electron chi connectivity index (χ1n) is 17.3. The van der Waals surface area contributed by atoms with Crippen LogP contribution >= 0.6 is 22.7 Å². The summed E-state index contributed by atoms with van der Waals surface area (Å²) in [5.74, 6) is 0. The second-order valence-corrected chi connectivity index (χ2v) is 14.8. The minimum Gasteiger partial charge on any atom is -0.252 e. The lowest BCUT2D eigenvalue weighted by atomic mass is 9.84. The van der Waals surface area contributed by atoms with Gasteiger partial charge in [0.25, 0.3) is 0 Å². The standard InChI is InChI=1S/C48H30N2S2/c1-2-8-39-32(6-1)7-5-11-40(39)33-14-12-31(13-15-33)38-24-25-43-44(26-38)48(37-22-18-35(19-23-37)46-28-50-30-52-46)42-10-4-3-9-41(42)47(43)36-20-16-34(17-21-36)45-27-49-29-51-45/h1-30H. The van der Waals surface area contributed by atoms with Crippen LogP contribution in [0.5, 0.6) is 0 Å². The summed E-state index contributed by atoms with van der Waals surface area (Å²) in [6.45, 7) is 0. The monoisotopic (exact) mass is 698 g/mol. The smallest absolute Gasteiger partial charge is 0.0797 e. The predicted molar refractivity (Wildman–Crippen MR) is 223 cm³/mol. The molecule has 2 heterocycles. The van der Waals surface area contributed by atoms with E-state index in [1.165, 1.54) is 97.7 Å². The van der Waals surface area contributed by atoms with Crippen LogP contribution in [0.3, 0.4) is 0 Å². The van der Waals surface area contributed by atoms with Gasteiger partial charge in [-0.2, -0.15) is 0 Å². The summed E-state index contributed by atoms with van der Waals surface area (Å²) in [5.41, 5.74) is 15.9. The number of aromatic nitrogens is 2. The third-order valence-electron chi connectivity index (χ3n) is 10.1. The van der Waals surface area contributed by atoms with Gasteiger partial charge in [-0.1, -0.05) is 152 Å². The van der Waals surface area contributed by atoms with Crippen molar-refractivity contribution in [3.63, 3.8) is 0 Å². The van der Waals surface area contributed by atoms with E-state index in [-0.39, 0.29) is 0 Å². The highest BCUT2D eigenvalue weighted by molar-refractivity contribution is 7.13. The second kappa shape index (κ2) is 12.8. The van der Waals surface area contributed by atoms with E-state index >= 15 is 0 Å². The van der Waals surface area contributed by atoms with Crippen molar-refractivity contribution in [3.05, 3.63) is 181 Å². The van der Waals surface area contributed by atoms with Crippen LogP contribution in [0.15, 0.2) is 181 Å². The molecule has 0 saturated carbocycles. The molecule has 4 heteroatoms. The normalized spacial score (nSPS) is 11.5. The molecule has 10 aromatic rings. The summed E-state index contributed by atoms with van der Waals surface area (Å²) in [4.78, 5) is 11.0. The molecule has 0 atom stereocenters. The van der Waals surface area contributed by atoms with Crippen LogP contribution in [0.4, 0.5) is 0 Å². The first-order valence-corrected chi connectivity index (χ1v) is 19.1. The van der Waals surface area contributed by atoms with Gasteiger partial charge >= 0.3 is 0 Å². The minimum atomic E-state index is 1.17. The molecule has 0 unspecified atom stereocenters. The molecule has 0 aliphatic rings. The largest absolute Gasteiger partial charge is 0.252 e. The molecule has 8 aromatic carbocycles. The highest BCUT2D eigenvalue weighted by atomic mass is 32.1. The number of hydrogen-bond donors (Lipinski definition) is 0. The molecule has 0 N–H and O–H groups in total. The summed E-state index contributed by atoms with van der Waals surface area (Å²) in [6, 6.07) is 58.1. The fraction of sp³-hybridized carbons (Fsp3) is 0. The first kappa shape index (κ1) is 30.6. The van der Waals surface area contributed by atoms with Crippen LogP contribution in [0, 0.1) is 0 Å². The van der Waals surface area contributed by atoms with E-state index < -0.39 is 0 Å². The zero-order valence-electron chi connectivity index (χ0n) is 28.0. The zero-order chi connectivity index (χ0) is 34.4. The van der Waals surface area contributed by atoms with Crippen LogP contribution in [-0.4, -0.2) is 9.97 Å². The van der Waals surface area contributed by atoms with E-state index in [1.54, 1.807) is 22.7 Å². The van der Waals surface area contributed by atoms with Gasteiger partial charge in [0.1, 0.15) is 0 Å². The Morgan fingerprint density at radius 3 is 1.38 bits per heavy atom. The third kappa shape index (κ3) is 5.32. The van der Waals surface area contributed by atoms with E-state index in [0.717, 1.165) is 0 Å². The molecule has 0 bridgehead atoms. The zero-order valence-corrected chi connectivity index (χ0v) is 29.7. The molecule has 244 valence electrons. The van der Waals surface area contributed by atoms with Crippen LogP contribution in [0.1, 0.15) is 0 Å². The van der Waals surface area contributed by atoms with Gasteiger partial charge in [-0.25, -0.2) is 0 Å². The lowest BCUT2D eigenvalue weighted by molar-refractivity contribution is 1.42. The number of hydrogen-bond acceptors (Lipinski definition) is 4. The van der Waals surface area contributed by atoms with Crippen LogP contribution < -0.4 is 0 Å². The Labute approximate surface area is 310 Å². The van der Waals surface area contributed by atoms with Gasteiger partial charge in [0.15, 0.2) is 0 Å². The van der Waals surface area contributed by atoms with Crippen molar-refractivity contribution in [2.45, 2.75) is 0 Å². The van der Waals surface area contributed by atoms with Crippen LogP contribution in [-0.2, 0) is 0 Å². The molecule has 2 aromatic heterocycles. The van der Waals surface area contributed by atoms with Crippen molar-refractivity contribution >= 4 is 55.0 Å². The Balaban J connectivity index is 1.16. The van der Waals surface area contributed by atoms with E-state index in [2.05, 4.69) is 168 Å². The average Bonchev–Trinajstić information content (AvgIpc) is 3.96. The van der Waals surface area contributed by atoms with E-state index in [0.29, 0.717) is 0 Å². The molecule has 0 aliphatic heterocycles. The summed E-state index contributed by atoms with van der Waals surface area (Å²) >= 11 is 3.34. The van der Waals surface area contributed by atoms with Gasteiger partial charge in [-0.15, -0.1) is 22.7 Å². The summed E-state index contributed by atoms with van der Waals surface area (Å²) in [6.07, 6.45) is 3.88. The maximum absolute atomic E-state index is 4.31. The number of fused-ring (bicyclic) bond motifs is 3. The molecular formula is C48H30N2S2. The van der Waals surface area contributed by atoms with Crippen LogP contribution in [0.25, 0.3) is 97.7 Å². The molecule has 0 spiro atoms. The molecule has 2 nitrogen and oxygen atoms in total. The molecule has 0 radical (unpaired) electrons. The first-order chi connectivity index (χ1) is 25.8. The van der Waals surface area contributed by atoms with Gasteiger partial charge < -0.3 is 0 Å². The van der Waals surface area contributed by atoms with Crippen molar-refractivity contribution in [2.75, 3.05) is 0 Å². The average molecular weight is 699 g/mol. The Kier molecular flexibility index (Phi) is 7.56. The molecule has 0 amide bonds. The van der Waals surface area contributed by atoms with Crippen molar-refractivity contribution in [2.24, 2.45) is 0 Å². The van der Waals surface area contributed by atoms with Crippen molar-refractivity contribution in [1.82, 2.24) is 9.97 Å². The quantitative estimate of drug-likeness (QED) is 0.162. The summed E-state index contributed by atoms with van der Waals surface area (Å²) in [5, 5.41) is 7.49. The Bertz CT molecular complexity index is 2850. The molecule has 0 saturated heterocycles. The highest BCUT2D eigenvalue weighted by Crippen LogP contribution is 2.45. The second-order valence-electron chi connectivity index (χ2n) is 13.0. The SMILES string of the molecule is c1ccc2c(-c3ccc(-c4ccc5c(-c6ccc(-c7cncs7)cc6)c6ccccc6c(-c6ccc(-c7cncs7)cc6)c5c4)cc3)cccc2c1. The maximum Gasteiger partial charge on any atom is 0.0797 e. The predicted octanol–water partition coefficient (Wildman–Crippen LogP) is 14.1. The summed E-state index contributed by atoms with van der Waals surface area (Å²) in [7, 11) is 0. The molecule has 52 heavy (non-hydrogen) atoms. The fourth-order valence-corrected chi connectivity index (χ4v) is 8.88. The van der Waals surface area contributed by atoms with E-state index in [4.69, 9.17) is 0 Å². The maximum atomic E-state index is 4.31. The third-order valence-corrected chi connectivity index (χ3v) is 11.8. The lowest BCUT2D eigenvalue weighted by Crippen LogP contribution is -1.92. The van der Waals surface area contributed by atoms with Crippen molar-refractivity contribution in [1.29, 1.82) is 0 Å². The Morgan fingerprint density at radius 1 is 0.327 bits per heavy atom. The highest BCUT2D eigenvalue weighted by Gasteiger charge is 2.18. The van der Waals surface area contributed by atoms with Crippen molar-refractivity contribution < 1.29 is 0 Å². The van der Waals surface area contributed by atoms with Crippen molar-refractivity contribution in [3.8, 4) is 65.4 Å². The fourth-order valence-electron chi connectivity index (χ4n) is 7.62. The van der Waals surface area contributed by atoms with Crippen LogP contribution in [0.2, 0.25) is 0 Å². The molecular weight excluding hydrogens is 669 g/mol. The van der Waals surface area contributed by atoms with Gasteiger partial charge in [-0.3, -0.25) is 9.97 Å². The van der Waals surface area contributed by atoms with E-state index in [9.17, 15) is 0 Å². The number of nitrogens with zero attached hydrogens (tertiary/aromatic N) is 2. The van der Waals surface area contributed by atoms with Gasteiger partial charge in [0, 0.05) is 12.4 Å². The Hall–Kier alpha value is -6.20. The number of benzene rings is 8. The minimum absolute atomic E-state index is 1.17. The number of rotatable bonds is 6. The van der Waals surface area contributed by atoms with E-state index in [1.807, 2.05) is 23.4 Å². The Morgan fingerprint density at radius 2 is 0.788 bits per heavy atom. The number of thiazole rings is 2. The van der Waals surface area contributed by atoms with Gasteiger partial charge in [-0.05, 0) is 94.0 Å². The summed E-state index contributed by atoms with van der Waals surface area (Å²) < 4.78 is 0. The lowest BCUT2D eigenvalue weighted by Gasteiger charge is -2.19. The van der Waals surface area contributed by atoms with Gasteiger partial charge in [0.2, 0.25) is 0 Å².